The number of hydrogen-bond donors (Lipinski definition) is 3. The summed E-state index contributed by atoms with van der Waals surface area (Å²) in [5.74, 6) is -1.02. The Morgan fingerprint density at radius 1 is 0.535 bits per heavy atom. The molecule has 0 saturated carbocycles. The van der Waals surface area contributed by atoms with Crippen molar-refractivity contribution in [3.8, 4) is 0 Å². The van der Waals surface area contributed by atoms with Gasteiger partial charge in [0.25, 0.3) is 0 Å². The van der Waals surface area contributed by atoms with Crippen LogP contribution in [0.3, 0.4) is 0 Å². The van der Waals surface area contributed by atoms with Gasteiger partial charge in [-0.05, 0) is 12.8 Å². The molecule has 256 valence electrons. The van der Waals surface area contributed by atoms with Gasteiger partial charge < -0.3 is 24.6 Å². The van der Waals surface area contributed by atoms with Crippen molar-refractivity contribution >= 4 is 19.8 Å². The second kappa shape index (κ2) is 29.7. The summed E-state index contributed by atoms with van der Waals surface area (Å²) in [6.07, 6.45) is 21.0. The molecule has 3 unspecified atom stereocenters. The van der Waals surface area contributed by atoms with E-state index in [-0.39, 0.29) is 12.8 Å². The van der Waals surface area contributed by atoms with Crippen LogP contribution in [0.4, 0.5) is 0 Å². The Bertz CT molecular complexity index is 706. The lowest BCUT2D eigenvalue weighted by Crippen LogP contribution is -2.28. The van der Waals surface area contributed by atoms with E-state index in [4.69, 9.17) is 18.5 Å². The van der Waals surface area contributed by atoms with Gasteiger partial charge in [0.15, 0.2) is 0 Å². The molecule has 0 rings (SSSR count). The zero-order chi connectivity index (χ0) is 32.0. The van der Waals surface area contributed by atoms with Gasteiger partial charge in [0.05, 0.1) is 26.4 Å². The highest BCUT2D eigenvalue weighted by molar-refractivity contribution is 7.47. The van der Waals surface area contributed by atoms with Crippen molar-refractivity contribution < 1.29 is 47.8 Å². The number of esters is 2. The molecule has 0 spiro atoms. The maximum Gasteiger partial charge on any atom is 0.472 e. The Labute approximate surface area is 261 Å². The molecule has 10 nitrogen and oxygen atoms in total. The molecule has 0 heterocycles. The normalized spacial score (nSPS) is 14.3. The van der Waals surface area contributed by atoms with Gasteiger partial charge in [-0.15, -0.1) is 0 Å². The lowest BCUT2D eigenvalue weighted by Gasteiger charge is -2.20. The highest BCUT2D eigenvalue weighted by Crippen LogP contribution is 2.43. The quantitative estimate of drug-likeness (QED) is 0.0383. The van der Waals surface area contributed by atoms with Crippen LogP contribution in [0.15, 0.2) is 0 Å². The largest absolute Gasteiger partial charge is 0.472 e. The van der Waals surface area contributed by atoms with Crippen LogP contribution in [-0.2, 0) is 32.7 Å². The van der Waals surface area contributed by atoms with E-state index in [1.807, 2.05) is 0 Å². The van der Waals surface area contributed by atoms with Crippen molar-refractivity contribution in [1.82, 2.24) is 0 Å². The Morgan fingerprint density at radius 2 is 0.814 bits per heavy atom. The predicted molar refractivity (Wildman–Crippen MR) is 169 cm³/mol. The molecule has 0 fully saturated rings. The molecular formula is C32H63O10P. The molecule has 11 heteroatoms. The first-order valence-electron chi connectivity index (χ1n) is 17.0. The van der Waals surface area contributed by atoms with Crippen LogP contribution in [0.1, 0.15) is 155 Å². The smallest absolute Gasteiger partial charge is 0.457 e. The maximum absolute atomic E-state index is 12.2. The predicted octanol–water partition coefficient (Wildman–Crippen LogP) is 7.55. The van der Waals surface area contributed by atoms with Gasteiger partial charge in [-0.1, -0.05) is 129 Å². The summed E-state index contributed by atoms with van der Waals surface area (Å²) >= 11 is 0. The summed E-state index contributed by atoms with van der Waals surface area (Å²) in [6, 6.07) is 0. The van der Waals surface area contributed by atoms with E-state index in [1.165, 1.54) is 77.0 Å². The fourth-order valence-electron chi connectivity index (χ4n) is 4.64. The second-order valence-electron chi connectivity index (χ2n) is 11.5. The highest BCUT2D eigenvalue weighted by atomic mass is 31.2. The van der Waals surface area contributed by atoms with E-state index in [1.54, 1.807) is 0 Å². The average molecular weight is 639 g/mol. The van der Waals surface area contributed by atoms with Gasteiger partial charge in [0, 0.05) is 12.8 Å². The maximum atomic E-state index is 12.2. The van der Waals surface area contributed by atoms with Crippen LogP contribution in [0, 0.1) is 0 Å². The van der Waals surface area contributed by atoms with E-state index in [0.717, 1.165) is 38.5 Å². The van der Waals surface area contributed by atoms with E-state index in [9.17, 15) is 29.3 Å². The first kappa shape index (κ1) is 42.0. The first-order valence-corrected chi connectivity index (χ1v) is 18.5. The minimum atomic E-state index is -4.61. The van der Waals surface area contributed by atoms with Gasteiger partial charge in [0.1, 0.15) is 12.2 Å². The van der Waals surface area contributed by atoms with Crippen molar-refractivity contribution in [1.29, 1.82) is 0 Å². The molecule has 0 aliphatic heterocycles. The molecule has 3 atom stereocenters. The lowest BCUT2D eigenvalue weighted by molar-refractivity contribution is -0.153. The van der Waals surface area contributed by atoms with Crippen LogP contribution in [-0.4, -0.2) is 65.7 Å². The highest BCUT2D eigenvalue weighted by Gasteiger charge is 2.27. The summed E-state index contributed by atoms with van der Waals surface area (Å²) in [7, 11) is -4.61. The number of unbranched alkanes of at least 4 members (excludes halogenated alkanes) is 18. The number of aliphatic hydroxyl groups is 2. The molecule has 0 aromatic carbocycles. The standard InChI is InChI=1S/C32H63O10P/c1-3-5-7-9-11-13-14-15-16-18-20-22-24-32(36)42-30(26-34)28-40-43(37,38)39-27-29(25-33)41-31(35)23-21-19-17-12-10-8-6-4-2/h29-30,33-34H,3-28H2,1-2H3,(H,37,38). The molecule has 0 saturated heterocycles. The van der Waals surface area contributed by atoms with Gasteiger partial charge in [-0.2, -0.15) is 0 Å². The molecular weight excluding hydrogens is 575 g/mol. The average Bonchev–Trinajstić information content (AvgIpc) is 2.99. The first-order chi connectivity index (χ1) is 20.8. The SMILES string of the molecule is CCCCCCCCCCCCCCC(=O)OC(CO)COP(=O)(O)OCC(CO)OC(=O)CCCCCCCCCC. The number of rotatable bonds is 32. The second-order valence-corrected chi connectivity index (χ2v) is 13.0. The van der Waals surface area contributed by atoms with Crippen LogP contribution in [0.25, 0.3) is 0 Å². The molecule has 0 aliphatic carbocycles. The Kier molecular flexibility index (Phi) is 29.0. The zero-order valence-corrected chi connectivity index (χ0v) is 28.1. The van der Waals surface area contributed by atoms with Gasteiger partial charge >= 0.3 is 19.8 Å². The number of phosphoric ester groups is 1. The number of hydrogen-bond acceptors (Lipinski definition) is 9. The third kappa shape index (κ3) is 28.2. The monoisotopic (exact) mass is 638 g/mol. The number of carbonyl (C=O) groups excluding carboxylic acids is 2. The van der Waals surface area contributed by atoms with E-state index in [2.05, 4.69) is 13.8 Å². The minimum absolute atomic E-state index is 0.196. The van der Waals surface area contributed by atoms with Crippen molar-refractivity contribution in [3.63, 3.8) is 0 Å². The molecule has 0 aliphatic rings. The molecule has 43 heavy (non-hydrogen) atoms. The van der Waals surface area contributed by atoms with Crippen molar-refractivity contribution in [3.05, 3.63) is 0 Å². The summed E-state index contributed by atoms with van der Waals surface area (Å²) in [5, 5.41) is 19.0. The van der Waals surface area contributed by atoms with E-state index < -0.39 is 58.4 Å². The van der Waals surface area contributed by atoms with Gasteiger partial charge in [0.2, 0.25) is 0 Å². The fourth-order valence-corrected chi connectivity index (χ4v) is 5.43. The summed E-state index contributed by atoms with van der Waals surface area (Å²) < 4.78 is 32.2. The minimum Gasteiger partial charge on any atom is -0.457 e. The van der Waals surface area contributed by atoms with Crippen LogP contribution in [0.5, 0.6) is 0 Å². The van der Waals surface area contributed by atoms with Gasteiger partial charge in [-0.3, -0.25) is 18.6 Å². The van der Waals surface area contributed by atoms with Crippen LogP contribution >= 0.6 is 7.82 Å². The zero-order valence-electron chi connectivity index (χ0n) is 27.2. The Hall–Kier alpha value is -1.03. The summed E-state index contributed by atoms with van der Waals surface area (Å²) in [4.78, 5) is 34.1. The molecule has 3 N–H and O–H groups in total. The Morgan fingerprint density at radius 3 is 1.09 bits per heavy atom. The molecule has 0 aromatic heterocycles. The van der Waals surface area contributed by atoms with E-state index in [0.29, 0.717) is 12.8 Å². The molecule has 0 radical (unpaired) electrons. The molecule has 0 aromatic rings. The Balaban J connectivity index is 4.02. The lowest BCUT2D eigenvalue weighted by atomic mass is 10.0. The van der Waals surface area contributed by atoms with Crippen LogP contribution in [0.2, 0.25) is 0 Å². The van der Waals surface area contributed by atoms with E-state index >= 15 is 0 Å². The van der Waals surface area contributed by atoms with Crippen LogP contribution < -0.4 is 0 Å². The van der Waals surface area contributed by atoms with Crippen molar-refractivity contribution in [2.45, 2.75) is 167 Å². The number of carbonyl (C=O) groups is 2. The number of aliphatic hydroxyl groups excluding tert-OH is 2. The number of ether oxygens (including phenoxy) is 2. The molecule has 0 amide bonds. The van der Waals surface area contributed by atoms with Gasteiger partial charge in [-0.25, -0.2) is 4.57 Å². The molecule has 0 bridgehead atoms. The number of phosphoric acid groups is 1. The van der Waals surface area contributed by atoms with Crippen molar-refractivity contribution in [2.75, 3.05) is 26.4 Å². The summed E-state index contributed by atoms with van der Waals surface area (Å²) in [5.41, 5.74) is 0. The summed E-state index contributed by atoms with van der Waals surface area (Å²) in [6.45, 7) is 2.14. The third-order valence-corrected chi connectivity index (χ3v) is 8.27. The fraction of sp³-hybridized carbons (Fsp3) is 0.938. The van der Waals surface area contributed by atoms with Crippen molar-refractivity contribution in [2.24, 2.45) is 0 Å². The topological polar surface area (TPSA) is 149 Å². The third-order valence-electron chi connectivity index (χ3n) is 7.32.